The maximum Gasteiger partial charge on any atom is 0.0874 e. The molecule has 0 amide bonds. The number of nitrogen functional groups attached to an aromatic ring is 1. The van der Waals surface area contributed by atoms with Crippen LogP contribution in [0.3, 0.4) is 0 Å². The van der Waals surface area contributed by atoms with Crippen molar-refractivity contribution in [1.29, 1.82) is 0 Å². The average molecular weight is 306 g/mol. The molecule has 2 rings (SSSR count). The fraction of sp³-hybridized carbons (Fsp3) is 0.333. The van der Waals surface area contributed by atoms with Gasteiger partial charge in [0.25, 0.3) is 0 Å². The van der Waals surface area contributed by atoms with Crippen molar-refractivity contribution < 1.29 is 0 Å². The summed E-state index contributed by atoms with van der Waals surface area (Å²) in [5, 5.41) is 3.50. The lowest BCUT2D eigenvalue weighted by Crippen LogP contribution is -2.17. The van der Waals surface area contributed by atoms with Crippen LogP contribution >= 0.6 is 0 Å². The summed E-state index contributed by atoms with van der Waals surface area (Å²) in [6.45, 7) is 8.55. The first-order chi connectivity index (χ1) is 10.9. The average Bonchev–Trinajstić information content (AvgIpc) is 2.52. The van der Waals surface area contributed by atoms with Crippen LogP contribution < -0.4 is 11.1 Å². The summed E-state index contributed by atoms with van der Waals surface area (Å²) in [5.74, 6) is 6.65. The molecule has 2 aromatic rings. The van der Waals surface area contributed by atoms with Gasteiger partial charge in [-0.3, -0.25) is 0 Å². The smallest absolute Gasteiger partial charge is 0.0874 e. The first-order valence-electron chi connectivity index (χ1n) is 8.12. The molecule has 2 aromatic carbocycles. The molecule has 0 bridgehead atoms. The number of anilines is 2. The van der Waals surface area contributed by atoms with Crippen LogP contribution in [0.25, 0.3) is 11.1 Å². The van der Waals surface area contributed by atoms with E-state index in [9.17, 15) is 0 Å². The predicted octanol–water partition coefficient (Wildman–Crippen LogP) is 5.18. The SMILES string of the molecule is CCC(C#CC(C)(C)C)Nc1ccc(-c2ccc(N)cc2)cc1. The van der Waals surface area contributed by atoms with E-state index < -0.39 is 0 Å². The zero-order valence-corrected chi connectivity index (χ0v) is 14.5. The second kappa shape index (κ2) is 7.24. The molecular formula is C21H26N2. The summed E-state index contributed by atoms with van der Waals surface area (Å²) in [4.78, 5) is 0. The predicted molar refractivity (Wildman–Crippen MR) is 101 cm³/mol. The lowest BCUT2D eigenvalue weighted by molar-refractivity contribution is 0.569. The minimum Gasteiger partial charge on any atom is -0.399 e. The highest BCUT2D eigenvalue weighted by Gasteiger charge is 2.07. The van der Waals surface area contributed by atoms with E-state index in [0.29, 0.717) is 0 Å². The molecule has 0 aliphatic heterocycles. The molecule has 3 N–H and O–H groups in total. The largest absolute Gasteiger partial charge is 0.399 e. The summed E-state index contributed by atoms with van der Waals surface area (Å²) in [6.07, 6.45) is 0.975. The Morgan fingerprint density at radius 3 is 1.96 bits per heavy atom. The molecule has 1 unspecified atom stereocenters. The highest BCUT2D eigenvalue weighted by atomic mass is 14.9. The van der Waals surface area contributed by atoms with Gasteiger partial charge in [-0.2, -0.15) is 0 Å². The number of rotatable bonds is 4. The monoisotopic (exact) mass is 306 g/mol. The van der Waals surface area contributed by atoms with Gasteiger partial charge in [0.05, 0.1) is 6.04 Å². The third kappa shape index (κ3) is 5.38. The van der Waals surface area contributed by atoms with Gasteiger partial charge in [-0.05, 0) is 62.6 Å². The van der Waals surface area contributed by atoms with Gasteiger partial charge < -0.3 is 11.1 Å². The Kier molecular flexibility index (Phi) is 5.34. The van der Waals surface area contributed by atoms with E-state index in [-0.39, 0.29) is 11.5 Å². The Balaban J connectivity index is 2.09. The highest BCUT2D eigenvalue weighted by Crippen LogP contribution is 2.23. The van der Waals surface area contributed by atoms with Crippen molar-refractivity contribution >= 4 is 11.4 Å². The van der Waals surface area contributed by atoms with Crippen molar-refractivity contribution in [2.75, 3.05) is 11.1 Å². The highest BCUT2D eigenvalue weighted by molar-refractivity contribution is 5.67. The molecule has 2 heteroatoms. The number of nitrogens with two attached hydrogens (primary N) is 1. The standard InChI is InChI=1S/C21H26N2/c1-5-19(14-15-21(2,3)4)23-20-12-8-17(9-13-20)16-6-10-18(22)11-7-16/h6-13,19,23H,5,22H2,1-4H3. The lowest BCUT2D eigenvalue weighted by Gasteiger charge is -2.15. The fourth-order valence-corrected chi connectivity index (χ4v) is 2.18. The molecule has 0 radical (unpaired) electrons. The van der Waals surface area contributed by atoms with Crippen LogP contribution in [0.15, 0.2) is 48.5 Å². The first kappa shape index (κ1) is 17.0. The quantitative estimate of drug-likeness (QED) is 0.603. The first-order valence-corrected chi connectivity index (χ1v) is 8.12. The minimum atomic E-state index is 0.0358. The van der Waals surface area contributed by atoms with Crippen molar-refractivity contribution in [1.82, 2.24) is 0 Å². The van der Waals surface area contributed by atoms with Gasteiger partial charge in [0, 0.05) is 16.8 Å². The molecule has 23 heavy (non-hydrogen) atoms. The van der Waals surface area contributed by atoms with Gasteiger partial charge in [-0.1, -0.05) is 43.0 Å². The summed E-state index contributed by atoms with van der Waals surface area (Å²) >= 11 is 0. The van der Waals surface area contributed by atoms with Crippen LogP contribution in [0.4, 0.5) is 11.4 Å². The Morgan fingerprint density at radius 2 is 1.48 bits per heavy atom. The second-order valence-electron chi connectivity index (χ2n) is 6.82. The Labute approximate surface area is 140 Å². The van der Waals surface area contributed by atoms with E-state index >= 15 is 0 Å². The van der Waals surface area contributed by atoms with Crippen molar-refractivity contribution in [3.05, 3.63) is 48.5 Å². The molecule has 0 fully saturated rings. The molecule has 0 saturated heterocycles. The van der Waals surface area contributed by atoms with Gasteiger partial charge in [0.15, 0.2) is 0 Å². The van der Waals surface area contributed by atoms with Crippen LogP contribution in [-0.2, 0) is 0 Å². The van der Waals surface area contributed by atoms with Crippen molar-refractivity contribution in [3.63, 3.8) is 0 Å². The zero-order chi connectivity index (χ0) is 16.9. The van der Waals surface area contributed by atoms with Crippen LogP contribution in [-0.4, -0.2) is 6.04 Å². The van der Waals surface area contributed by atoms with E-state index in [2.05, 4.69) is 69.1 Å². The van der Waals surface area contributed by atoms with Crippen LogP contribution in [0.1, 0.15) is 34.1 Å². The van der Waals surface area contributed by atoms with Gasteiger partial charge >= 0.3 is 0 Å². The molecule has 1 atom stereocenters. The summed E-state index contributed by atoms with van der Waals surface area (Å²) in [7, 11) is 0. The van der Waals surface area contributed by atoms with Crippen LogP contribution in [0.5, 0.6) is 0 Å². The van der Waals surface area contributed by atoms with E-state index in [0.717, 1.165) is 17.8 Å². The van der Waals surface area contributed by atoms with Gasteiger partial charge in [-0.25, -0.2) is 0 Å². The Bertz CT molecular complexity index is 680. The minimum absolute atomic E-state index is 0.0358. The van der Waals surface area contributed by atoms with E-state index in [1.807, 2.05) is 24.3 Å². The molecule has 0 aliphatic carbocycles. The summed E-state index contributed by atoms with van der Waals surface area (Å²) in [6, 6.07) is 16.6. The summed E-state index contributed by atoms with van der Waals surface area (Å²) in [5.41, 5.74) is 10.0. The van der Waals surface area contributed by atoms with Crippen LogP contribution in [0.2, 0.25) is 0 Å². The zero-order valence-electron chi connectivity index (χ0n) is 14.5. The van der Waals surface area contributed by atoms with Gasteiger partial charge in [0.2, 0.25) is 0 Å². The van der Waals surface area contributed by atoms with E-state index in [4.69, 9.17) is 5.73 Å². The van der Waals surface area contributed by atoms with Crippen molar-refractivity contribution in [3.8, 4) is 23.0 Å². The normalized spacial score (nSPS) is 12.2. The molecule has 120 valence electrons. The van der Waals surface area contributed by atoms with Gasteiger partial charge in [-0.15, -0.1) is 0 Å². The Hall–Kier alpha value is -2.40. The molecule has 0 saturated carbocycles. The molecule has 0 heterocycles. The molecule has 0 aromatic heterocycles. The number of hydrogen-bond acceptors (Lipinski definition) is 2. The Morgan fingerprint density at radius 1 is 0.957 bits per heavy atom. The van der Waals surface area contributed by atoms with Gasteiger partial charge in [0.1, 0.15) is 0 Å². The number of nitrogens with one attached hydrogen (secondary N) is 1. The third-order valence-electron chi connectivity index (χ3n) is 3.50. The fourth-order valence-electron chi connectivity index (χ4n) is 2.18. The van der Waals surface area contributed by atoms with Crippen LogP contribution in [0, 0.1) is 17.3 Å². The third-order valence-corrected chi connectivity index (χ3v) is 3.50. The maximum atomic E-state index is 5.74. The topological polar surface area (TPSA) is 38.0 Å². The molecule has 2 nitrogen and oxygen atoms in total. The summed E-state index contributed by atoms with van der Waals surface area (Å²) < 4.78 is 0. The van der Waals surface area contributed by atoms with E-state index in [1.54, 1.807) is 0 Å². The van der Waals surface area contributed by atoms with Crippen molar-refractivity contribution in [2.45, 2.75) is 40.2 Å². The van der Waals surface area contributed by atoms with Crippen molar-refractivity contribution in [2.24, 2.45) is 5.41 Å². The van der Waals surface area contributed by atoms with E-state index in [1.165, 1.54) is 11.1 Å². The number of hydrogen-bond donors (Lipinski definition) is 2. The molecular weight excluding hydrogens is 280 g/mol. The molecule has 0 aliphatic rings. The molecule has 0 spiro atoms. The number of benzene rings is 2. The maximum absolute atomic E-state index is 5.74. The second-order valence-corrected chi connectivity index (χ2v) is 6.82. The lowest BCUT2D eigenvalue weighted by atomic mass is 9.97.